The van der Waals surface area contributed by atoms with Crippen molar-refractivity contribution in [3.05, 3.63) is 74.7 Å². The highest BCUT2D eigenvalue weighted by Crippen LogP contribution is 2.22. The van der Waals surface area contributed by atoms with Gasteiger partial charge in [-0.25, -0.2) is 4.68 Å². The molecule has 0 unspecified atom stereocenters. The van der Waals surface area contributed by atoms with Crippen molar-refractivity contribution in [3.8, 4) is 0 Å². The predicted molar refractivity (Wildman–Crippen MR) is 118 cm³/mol. The lowest BCUT2D eigenvalue weighted by Crippen LogP contribution is -2.43. The number of rotatable bonds is 7. The second-order valence-electron chi connectivity index (χ2n) is 7.19. The van der Waals surface area contributed by atoms with E-state index in [0.717, 1.165) is 0 Å². The van der Waals surface area contributed by atoms with Gasteiger partial charge in [-0.2, -0.15) is 5.10 Å². The van der Waals surface area contributed by atoms with Gasteiger partial charge in [0.15, 0.2) is 5.69 Å². The number of nitrogens with one attached hydrogen (secondary N) is 3. The second-order valence-corrected chi connectivity index (χ2v) is 7.19. The SMILES string of the molecule is CC(C)n1nc(C(=O)NNC(=O)CCNc2ccccc2[N+](=O)[O-])c2ccccc2c1=O. The van der Waals surface area contributed by atoms with Crippen molar-refractivity contribution in [2.45, 2.75) is 26.3 Å². The van der Waals surface area contributed by atoms with E-state index in [2.05, 4.69) is 21.3 Å². The van der Waals surface area contributed by atoms with Crippen LogP contribution in [0.3, 0.4) is 0 Å². The van der Waals surface area contributed by atoms with Crippen LogP contribution < -0.4 is 21.7 Å². The lowest BCUT2D eigenvalue weighted by molar-refractivity contribution is -0.384. The molecule has 0 aliphatic rings. The second kappa shape index (κ2) is 9.69. The smallest absolute Gasteiger partial charge is 0.292 e. The van der Waals surface area contributed by atoms with Crippen LogP contribution in [0.2, 0.25) is 0 Å². The number of hydrogen-bond donors (Lipinski definition) is 3. The Kier molecular flexibility index (Phi) is 6.78. The number of amides is 2. The van der Waals surface area contributed by atoms with Gasteiger partial charge in [0.2, 0.25) is 5.91 Å². The maximum atomic E-state index is 12.7. The average molecular weight is 438 g/mol. The van der Waals surface area contributed by atoms with Crippen molar-refractivity contribution in [2.75, 3.05) is 11.9 Å². The van der Waals surface area contributed by atoms with E-state index in [0.29, 0.717) is 16.5 Å². The number of hydrazine groups is 1. The summed E-state index contributed by atoms with van der Waals surface area (Å²) in [7, 11) is 0. The number of carbonyl (C=O) groups excluding carboxylic acids is 2. The molecule has 1 heterocycles. The summed E-state index contributed by atoms with van der Waals surface area (Å²) in [6.07, 6.45) is -0.0496. The largest absolute Gasteiger partial charge is 0.379 e. The van der Waals surface area contributed by atoms with Crippen LogP contribution in [0.4, 0.5) is 11.4 Å². The van der Waals surface area contributed by atoms with Crippen LogP contribution in [0.1, 0.15) is 36.8 Å². The minimum atomic E-state index is -0.671. The molecule has 2 aromatic carbocycles. The molecule has 1 aromatic heterocycles. The first kappa shape index (κ1) is 22.4. The van der Waals surface area contributed by atoms with Gasteiger partial charge >= 0.3 is 0 Å². The van der Waals surface area contributed by atoms with Crippen molar-refractivity contribution in [1.82, 2.24) is 20.6 Å². The maximum absolute atomic E-state index is 12.7. The third kappa shape index (κ3) is 4.89. The van der Waals surface area contributed by atoms with Gasteiger partial charge in [-0.15, -0.1) is 0 Å². The summed E-state index contributed by atoms with van der Waals surface area (Å²) in [5.74, 6) is -1.18. The lowest BCUT2D eigenvalue weighted by atomic mass is 10.1. The summed E-state index contributed by atoms with van der Waals surface area (Å²) >= 11 is 0. The molecule has 3 N–H and O–H groups in total. The third-order valence-corrected chi connectivity index (χ3v) is 4.62. The number of fused-ring (bicyclic) bond motifs is 1. The van der Waals surface area contributed by atoms with E-state index in [9.17, 15) is 24.5 Å². The molecule has 0 fully saturated rings. The molecule has 32 heavy (non-hydrogen) atoms. The highest BCUT2D eigenvalue weighted by Gasteiger charge is 2.18. The van der Waals surface area contributed by atoms with E-state index in [1.807, 2.05) is 0 Å². The summed E-state index contributed by atoms with van der Waals surface area (Å²) in [6.45, 7) is 3.67. The zero-order valence-corrected chi connectivity index (χ0v) is 17.5. The topological polar surface area (TPSA) is 148 Å². The number of nitro benzene ring substituents is 1. The van der Waals surface area contributed by atoms with E-state index in [-0.39, 0.29) is 35.9 Å². The van der Waals surface area contributed by atoms with Crippen LogP contribution in [0, 0.1) is 10.1 Å². The molecule has 0 saturated carbocycles. The fourth-order valence-corrected chi connectivity index (χ4v) is 3.07. The standard InChI is InChI=1S/C21H22N6O5/c1-13(2)26-21(30)15-8-4-3-7-14(15)19(25-26)20(29)24-23-18(28)11-12-22-16-9-5-6-10-17(16)27(31)32/h3-10,13,22H,11-12H2,1-2H3,(H,23,28)(H,24,29). The minimum Gasteiger partial charge on any atom is -0.379 e. The number of carbonyl (C=O) groups is 2. The van der Waals surface area contributed by atoms with E-state index < -0.39 is 16.7 Å². The summed E-state index contributed by atoms with van der Waals surface area (Å²) in [5.41, 5.74) is 4.49. The molecule has 11 nitrogen and oxygen atoms in total. The molecule has 0 atom stereocenters. The predicted octanol–water partition coefficient (Wildman–Crippen LogP) is 2.15. The number of hydrogen-bond acceptors (Lipinski definition) is 7. The van der Waals surface area contributed by atoms with Crippen LogP contribution in [0.5, 0.6) is 0 Å². The summed E-state index contributed by atoms with van der Waals surface area (Å²) in [5, 5.41) is 18.7. The van der Waals surface area contributed by atoms with Gasteiger partial charge in [-0.3, -0.25) is 35.3 Å². The molecule has 0 radical (unpaired) electrons. The monoisotopic (exact) mass is 438 g/mol. The van der Waals surface area contributed by atoms with Crippen LogP contribution in [0.15, 0.2) is 53.3 Å². The molecule has 0 spiro atoms. The van der Waals surface area contributed by atoms with E-state index >= 15 is 0 Å². The van der Waals surface area contributed by atoms with Crippen LogP contribution in [-0.4, -0.2) is 33.1 Å². The Morgan fingerprint density at radius 1 is 1.06 bits per heavy atom. The number of nitro groups is 1. The fourth-order valence-electron chi connectivity index (χ4n) is 3.07. The first-order valence-corrected chi connectivity index (χ1v) is 9.87. The van der Waals surface area contributed by atoms with Gasteiger partial charge in [0, 0.05) is 24.4 Å². The molecular weight excluding hydrogens is 416 g/mol. The Labute approximate surface area is 182 Å². The highest BCUT2D eigenvalue weighted by molar-refractivity contribution is 6.05. The number of benzene rings is 2. The quantitative estimate of drug-likeness (QED) is 0.378. The van der Waals surface area contributed by atoms with Gasteiger partial charge in [0.1, 0.15) is 5.69 Å². The minimum absolute atomic E-state index is 0.00670. The molecule has 0 bridgehead atoms. The molecule has 3 aromatic rings. The van der Waals surface area contributed by atoms with Crippen molar-refractivity contribution < 1.29 is 14.5 Å². The average Bonchev–Trinajstić information content (AvgIpc) is 2.78. The highest BCUT2D eigenvalue weighted by atomic mass is 16.6. The fraction of sp³-hybridized carbons (Fsp3) is 0.238. The Bertz CT molecular complexity index is 1240. The third-order valence-electron chi connectivity index (χ3n) is 4.62. The van der Waals surface area contributed by atoms with Crippen molar-refractivity contribution in [3.63, 3.8) is 0 Å². The Morgan fingerprint density at radius 2 is 1.72 bits per heavy atom. The van der Waals surface area contributed by atoms with Crippen molar-refractivity contribution in [2.24, 2.45) is 0 Å². The molecule has 0 aliphatic carbocycles. The Hall–Kier alpha value is -4.28. The van der Waals surface area contributed by atoms with Gasteiger partial charge in [0.05, 0.1) is 16.4 Å². The van der Waals surface area contributed by atoms with Crippen molar-refractivity contribution >= 4 is 34.0 Å². The number of aromatic nitrogens is 2. The molecule has 2 amide bonds. The van der Waals surface area contributed by atoms with Crippen LogP contribution in [-0.2, 0) is 4.79 Å². The molecule has 3 rings (SSSR count). The number of anilines is 1. The van der Waals surface area contributed by atoms with Gasteiger partial charge < -0.3 is 5.32 Å². The summed E-state index contributed by atoms with van der Waals surface area (Å²) in [6, 6.07) is 12.4. The van der Waals surface area contributed by atoms with Gasteiger partial charge in [-0.1, -0.05) is 30.3 Å². The van der Waals surface area contributed by atoms with Crippen LogP contribution in [0.25, 0.3) is 10.8 Å². The lowest BCUT2D eigenvalue weighted by Gasteiger charge is -2.14. The molecule has 11 heteroatoms. The van der Waals surface area contributed by atoms with E-state index in [1.54, 1.807) is 50.2 Å². The van der Waals surface area contributed by atoms with Crippen molar-refractivity contribution in [1.29, 1.82) is 0 Å². The Morgan fingerprint density at radius 3 is 2.41 bits per heavy atom. The first-order valence-electron chi connectivity index (χ1n) is 9.87. The van der Waals surface area contributed by atoms with Gasteiger partial charge in [-0.05, 0) is 26.0 Å². The molecule has 166 valence electrons. The maximum Gasteiger partial charge on any atom is 0.292 e. The molecular formula is C21H22N6O5. The zero-order chi connectivity index (χ0) is 23.3. The number of nitrogens with zero attached hydrogens (tertiary/aromatic N) is 3. The summed E-state index contributed by atoms with van der Waals surface area (Å²) < 4.78 is 1.22. The Balaban J connectivity index is 1.64. The first-order chi connectivity index (χ1) is 15.3. The summed E-state index contributed by atoms with van der Waals surface area (Å²) in [4.78, 5) is 47.8. The number of para-hydroxylation sites is 2. The van der Waals surface area contributed by atoms with Gasteiger partial charge in [0.25, 0.3) is 17.2 Å². The van der Waals surface area contributed by atoms with Crippen LogP contribution >= 0.6 is 0 Å². The molecule has 0 saturated heterocycles. The normalized spacial score (nSPS) is 10.7. The van der Waals surface area contributed by atoms with E-state index in [4.69, 9.17) is 0 Å². The molecule has 0 aliphatic heterocycles. The zero-order valence-electron chi connectivity index (χ0n) is 17.5. The van der Waals surface area contributed by atoms with E-state index in [1.165, 1.54) is 16.8 Å².